The lowest BCUT2D eigenvalue weighted by Gasteiger charge is -2.27. The van der Waals surface area contributed by atoms with E-state index in [9.17, 15) is 0 Å². The van der Waals surface area contributed by atoms with Gasteiger partial charge >= 0.3 is 0 Å². The second-order valence-corrected chi connectivity index (χ2v) is 3.30. The van der Waals surface area contributed by atoms with Gasteiger partial charge in [-0.1, -0.05) is 24.3 Å². The number of benzene rings is 1. The molecule has 2 nitrogen and oxygen atoms in total. The monoisotopic (exact) mass is 234 g/mol. The Kier molecular flexibility index (Phi) is 6.12. The molecule has 0 atom stereocenters. The van der Waals surface area contributed by atoms with E-state index in [0.717, 1.165) is 19.0 Å². The van der Waals surface area contributed by atoms with Gasteiger partial charge < -0.3 is 11.1 Å². The highest BCUT2D eigenvalue weighted by Gasteiger charge is 2.17. The maximum atomic E-state index is 5.51. The van der Waals surface area contributed by atoms with Gasteiger partial charge in [-0.3, -0.25) is 0 Å². The molecule has 0 unspecified atom stereocenters. The largest absolute Gasteiger partial charge is 0.326 e. The first-order chi connectivity index (χ1) is 5.90. The van der Waals surface area contributed by atoms with Crippen molar-refractivity contribution in [2.75, 3.05) is 13.1 Å². The normalized spacial score (nSPS) is 14.9. The van der Waals surface area contributed by atoms with Gasteiger partial charge in [0, 0.05) is 25.6 Å². The molecule has 0 amide bonds. The van der Waals surface area contributed by atoms with Crippen molar-refractivity contribution in [1.82, 2.24) is 5.32 Å². The van der Waals surface area contributed by atoms with Crippen LogP contribution >= 0.6 is 24.8 Å². The van der Waals surface area contributed by atoms with Crippen LogP contribution in [0.15, 0.2) is 24.3 Å². The minimum absolute atomic E-state index is 0. The molecule has 80 valence electrons. The molecule has 1 aromatic carbocycles. The standard InChI is InChI=1S/C10H14N2.2ClH/c11-5-8-1-3-9(4-2-8)10-6-12-7-10;;/h1-4,10,12H,5-7,11H2;2*1H. The van der Waals surface area contributed by atoms with Crippen LogP contribution < -0.4 is 11.1 Å². The number of nitrogens with two attached hydrogens (primary N) is 1. The van der Waals surface area contributed by atoms with E-state index in [0.29, 0.717) is 6.54 Å². The zero-order chi connectivity index (χ0) is 8.39. The minimum atomic E-state index is 0. The zero-order valence-corrected chi connectivity index (χ0v) is 9.53. The van der Waals surface area contributed by atoms with E-state index in [2.05, 4.69) is 29.6 Å². The van der Waals surface area contributed by atoms with Crippen LogP contribution in [0.25, 0.3) is 0 Å². The maximum Gasteiger partial charge on any atom is 0.0178 e. The van der Waals surface area contributed by atoms with Crippen molar-refractivity contribution in [3.05, 3.63) is 35.4 Å². The predicted octanol–water partition coefficient (Wildman–Crippen LogP) is 1.68. The Bertz CT molecular complexity index is 257. The van der Waals surface area contributed by atoms with Crippen LogP contribution in [-0.2, 0) is 6.54 Å². The smallest absolute Gasteiger partial charge is 0.0178 e. The molecule has 14 heavy (non-hydrogen) atoms. The van der Waals surface area contributed by atoms with Gasteiger partial charge in [-0.15, -0.1) is 24.8 Å². The van der Waals surface area contributed by atoms with Crippen LogP contribution in [-0.4, -0.2) is 13.1 Å². The van der Waals surface area contributed by atoms with Gasteiger partial charge in [-0.05, 0) is 11.1 Å². The lowest BCUT2D eigenvalue weighted by atomic mass is 9.93. The van der Waals surface area contributed by atoms with Gasteiger partial charge in [0.15, 0.2) is 0 Å². The van der Waals surface area contributed by atoms with E-state index in [4.69, 9.17) is 5.73 Å². The molecule has 0 aromatic heterocycles. The molecule has 0 spiro atoms. The summed E-state index contributed by atoms with van der Waals surface area (Å²) in [6.45, 7) is 2.90. The van der Waals surface area contributed by atoms with Crippen molar-refractivity contribution in [2.24, 2.45) is 5.73 Å². The second-order valence-electron chi connectivity index (χ2n) is 3.30. The molecule has 3 N–H and O–H groups in total. The van der Waals surface area contributed by atoms with Crippen molar-refractivity contribution in [3.8, 4) is 0 Å². The fourth-order valence-electron chi connectivity index (χ4n) is 1.45. The summed E-state index contributed by atoms with van der Waals surface area (Å²) in [6.07, 6.45) is 0. The van der Waals surface area contributed by atoms with Crippen LogP contribution in [0.4, 0.5) is 0 Å². The highest BCUT2D eigenvalue weighted by atomic mass is 35.5. The molecule has 4 heteroatoms. The van der Waals surface area contributed by atoms with Gasteiger partial charge in [0.05, 0.1) is 0 Å². The summed E-state index contributed by atoms with van der Waals surface area (Å²) in [4.78, 5) is 0. The third-order valence-corrected chi connectivity index (χ3v) is 2.47. The first-order valence-corrected chi connectivity index (χ1v) is 4.40. The summed E-state index contributed by atoms with van der Waals surface area (Å²) in [5.74, 6) is 0.733. The Morgan fingerprint density at radius 3 is 2.07 bits per heavy atom. The summed E-state index contributed by atoms with van der Waals surface area (Å²) in [5.41, 5.74) is 8.16. The average Bonchev–Trinajstić information content (AvgIpc) is 2.03. The van der Waals surface area contributed by atoms with Crippen molar-refractivity contribution in [2.45, 2.75) is 12.5 Å². The summed E-state index contributed by atoms with van der Waals surface area (Å²) in [6, 6.07) is 8.61. The topological polar surface area (TPSA) is 38.0 Å². The highest BCUT2D eigenvalue weighted by Crippen LogP contribution is 2.19. The summed E-state index contributed by atoms with van der Waals surface area (Å²) in [7, 11) is 0. The Hall–Kier alpha value is -0.280. The van der Waals surface area contributed by atoms with Crippen molar-refractivity contribution in [1.29, 1.82) is 0 Å². The van der Waals surface area contributed by atoms with Gasteiger partial charge in [-0.2, -0.15) is 0 Å². The fourth-order valence-corrected chi connectivity index (χ4v) is 1.45. The number of halogens is 2. The van der Waals surface area contributed by atoms with E-state index < -0.39 is 0 Å². The number of rotatable bonds is 2. The molecule has 1 fully saturated rings. The van der Waals surface area contributed by atoms with Gasteiger partial charge in [-0.25, -0.2) is 0 Å². The summed E-state index contributed by atoms with van der Waals surface area (Å²) >= 11 is 0. The van der Waals surface area contributed by atoms with Gasteiger partial charge in [0.2, 0.25) is 0 Å². The highest BCUT2D eigenvalue weighted by molar-refractivity contribution is 5.85. The number of nitrogens with one attached hydrogen (secondary N) is 1. The fraction of sp³-hybridized carbons (Fsp3) is 0.400. The van der Waals surface area contributed by atoms with Crippen molar-refractivity contribution in [3.63, 3.8) is 0 Å². The number of hydrogen-bond acceptors (Lipinski definition) is 2. The van der Waals surface area contributed by atoms with E-state index >= 15 is 0 Å². The van der Waals surface area contributed by atoms with Crippen LogP contribution in [0.3, 0.4) is 0 Å². The third kappa shape index (κ3) is 2.85. The van der Waals surface area contributed by atoms with E-state index in [-0.39, 0.29) is 24.8 Å². The second kappa shape index (κ2) is 6.25. The van der Waals surface area contributed by atoms with E-state index in [1.54, 1.807) is 0 Å². The lowest BCUT2D eigenvalue weighted by molar-refractivity contribution is 0.448. The van der Waals surface area contributed by atoms with Crippen LogP contribution in [0.1, 0.15) is 17.0 Å². The zero-order valence-electron chi connectivity index (χ0n) is 7.90. The quantitative estimate of drug-likeness (QED) is 0.818. The Morgan fingerprint density at radius 2 is 1.71 bits per heavy atom. The molecule has 2 rings (SSSR count). The van der Waals surface area contributed by atoms with Gasteiger partial charge in [0.1, 0.15) is 0 Å². The van der Waals surface area contributed by atoms with Gasteiger partial charge in [0.25, 0.3) is 0 Å². The molecule has 1 saturated heterocycles. The lowest BCUT2D eigenvalue weighted by Crippen LogP contribution is -2.39. The molecule has 1 aliphatic heterocycles. The molecule has 0 aliphatic carbocycles. The summed E-state index contributed by atoms with van der Waals surface area (Å²) in [5, 5.41) is 3.26. The molecule has 1 aliphatic rings. The molecule has 0 radical (unpaired) electrons. The Labute approximate surface area is 97.1 Å². The molecule has 0 saturated carbocycles. The summed E-state index contributed by atoms with van der Waals surface area (Å²) < 4.78 is 0. The third-order valence-electron chi connectivity index (χ3n) is 2.47. The molecular formula is C10H16Cl2N2. The predicted molar refractivity (Wildman–Crippen MR) is 64.4 cm³/mol. The minimum Gasteiger partial charge on any atom is -0.326 e. The van der Waals surface area contributed by atoms with Crippen LogP contribution in [0, 0.1) is 0 Å². The Balaban J connectivity index is 0.000000845. The molecular weight excluding hydrogens is 219 g/mol. The van der Waals surface area contributed by atoms with Crippen molar-refractivity contribution < 1.29 is 0 Å². The molecule has 0 bridgehead atoms. The first-order valence-electron chi connectivity index (χ1n) is 4.40. The SMILES string of the molecule is Cl.Cl.NCc1ccc(C2CNC2)cc1. The number of hydrogen-bond donors (Lipinski definition) is 2. The Morgan fingerprint density at radius 1 is 1.14 bits per heavy atom. The molecule has 1 heterocycles. The van der Waals surface area contributed by atoms with E-state index in [1.807, 2.05) is 0 Å². The van der Waals surface area contributed by atoms with E-state index in [1.165, 1.54) is 11.1 Å². The average molecular weight is 235 g/mol. The first kappa shape index (κ1) is 13.7. The van der Waals surface area contributed by atoms with Crippen LogP contribution in [0.2, 0.25) is 0 Å². The van der Waals surface area contributed by atoms with Crippen molar-refractivity contribution >= 4 is 24.8 Å². The van der Waals surface area contributed by atoms with Crippen LogP contribution in [0.5, 0.6) is 0 Å². The molecule has 1 aromatic rings. The maximum absolute atomic E-state index is 5.51.